The lowest BCUT2D eigenvalue weighted by molar-refractivity contribution is -0.885. The second-order valence-electron chi connectivity index (χ2n) is 4.92. The normalized spacial score (nSPS) is 23.9. The molecule has 100 valence electrons. The van der Waals surface area contributed by atoms with Crippen molar-refractivity contribution in [2.75, 3.05) is 20.1 Å². The second kappa shape index (κ2) is 7.09. The number of nitrogens with one attached hydrogen (secondary N) is 1. The highest BCUT2D eigenvalue weighted by molar-refractivity contribution is 5.95. The number of carbonyl (C=O) groups is 1. The third kappa shape index (κ3) is 4.24. The van der Waals surface area contributed by atoms with Crippen LogP contribution in [0.25, 0.3) is 6.08 Å². The largest absolute Gasteiger partial charge is 1.00 e. The van der Waals surface area contributed by atoms with Crippen molar-refractivity contribution in [3.05, 3.63) is 29.7 Å². The number of rotatable bonds is 3. The molecular formula is C14H20INO2. The van der Waals surface area contributed by atoms with Crippen molar-refractivity contribution < 1.29 is 38.1 Å². The Labute approximate surface area is 125 Å². The lowest BCUT2D eigenvalue weighted by atomic mass is 9.92. The van der Waals surface area contributed by atoms with E-state index >= 15 is 0 Å². The minimum absolute atomic E-state index is 0. The summed E-state index contributed by atoms with van der Waals surface area (Å²) >= 11 is 0. The molecule has 0 unspecified atom stereocenters. The molecule has 4 heteroatoms. The summed E-state index contributed by atoms with van der Waals surface area (Å²) in [6.45, 7) is 4.10. The molecule has 1 aromatic rings. The van der Waals surface area contributed by atoms with Gasteiger partial charge in [-0.15, -0.1) is 0 Å². The number of ketones is 1. The summed E-state index contributed by atoms with van der Waals surface area (Å²) < 4.78 is 5.40. The van der Waals surface area contributed by atoms with E-state index in [1.165, 1.54) is 4.90 Å². The first-order chi connectivity index (χ1) is 8.15. The van der Waals surface area contributed by atoms with Crippen LogP contribution in [0, 0.1) is 12.8 Å². The zero-order valence-electron chi connectivity index (χ0n) is 10.9. The molecule has 1 aliphatic rings. The van der Waals surface area contributed by atoms with Gasteiger partial charge in [-0.2, -0.15) is 0 Å². The van der Waals surface area contributed by atoms with Crippen LogP contribution in [-0.2, 0) is 4.79 Å². The third-order valence-corrected chi connectivity index (χ3v) is 3.41. The van der Waals surface area contributed by atoms with Crippen molar-refractivity contribution in [1.29, 1.82) is 0 Å². The number of hydrogen-bond acceptors (Lipinski definition) is 2. The van der Waals surface area contributed by atoms with E-state index in [2.05, 4.69) is 7.05 Å². The Morgan fingerprint density at radius 2 is 2.06 bits per heavy atom. The van der Waals surface area contributed by atoms with Crippen LogP contribution in [0.3, 0.4) is 0 Å². The second-order valence-corrected chi connectivity index (χ2v) is 4.92. The smallest absolute Gasteiger partial charge is 0.159 e. The van der Waals surface area contributed by atoms with Crippen LogP contribution in [0.5, 0.6) is 0 Å². The van der Waals surface area contributed by atoms with Gasteiger partial charge in [0, 0.05) is 18.8 Å². The van der Waals surface area contributed by atoms with E-state index in [4.69, 9.17) is 4.42 Å². The van der Waals surface area contributed by atoms with Crippen molar-refractivity contribution >= 4 is 11.9 Å². The van der Waals surface area contributed by atoms with Crippen molar-refractivity contribution in [1.82, 2.24) is 0 Å². The number of allylic oxidation sites excluding steroid dienone is 1. The van der Waals surface area contributed by atoms with Gasteiger partial charge in [0.25, 0.3) is 0 Å². The van der Waals surface area contributed by atoms with Crippen molar-refractivity contribution in [2.45, 2.75) is 19.8 Å². The summed E-state index contributed by atoms with van der Waals surface area (Å²) in [7, 11) is 2.18. The Morgan fingerprint density at radius 1 is 1.39 bits per heavy atom. The van der Waals surface area contributed by atoms with Crippen molar-refractivity contribution in [2.24, 2.45) is 5.92 Å². The summed E-state index contributed by atoms with van der Waals surface area (Å²) in [5.41, 5.74) is 0. The molecule has 1 fully saturated rings. The quantitative estimate of drug-likeness (QED) is 0.504. The molecule has 0 bridgehead atoms. The molecule has 0 aliphatic carbocycles. The van der Waals surface area contributed by atoms with Gasteiger partial charge < -0.3 is 33.3 Å². The van der Waals surface area contributed by atoms with E-state index in [0.717, 1.165) is 37.5 Å². The van der Waals surface area contributed by atoms with Gasteiger partial charge in [-0.25, -0.2) is 0 Å². The maximum absolute atomic E-state index is 11.9. The fourth-order valence-corrected chi connectivity index (χ4v) is 2.24. The van der Waals surface area contributed by atoms with Crippen molar-refractivity contribution in [3.63, 3.8) is 0 Å². The van der Waals surface area contributed by atoms with Gasteiger partial charge in [-0.1, -0.05) is 0 Å². The molecule has 1 aliphatic heterocycles. The van der Waals surface area contributed by atoms with Crippen LogP contribution < -0.4 is 28.9 Å². The predicted molar refractivity (Wildman–Crippen MR) is 66.8 cm³/mol. The number of aryl methyl sites for hydroxylation is 1. The van der Waals surface area contributed by atoms with E-state index in [9.17, 15) is 4.79 Å². The first kappa shape index (κ1) is 15.4. The highest BCUT2D eigenvalue weighted by Gasteiger charge is 2.23. The molecule has 0 spiro atoms. The molecule has 1 N–H and O–H groups in total. The number of piperidine rings is 1. The molecule has 18 heavy (non-hydrogen) atoms. The molecule has 0 saturated carbocycles. The Kier molecular flexibility index (Phi) is 6.08. The topological polar surface area (TPSA) is 34.7 Å². The molecule has 2 heterocycles. The Balaban J connectivity index is 0.00000162. The Bertz CT molecular complexity index is 417. The number of carbonyl (C=O) groups excluding carboxylic acids is 1. The lowest BCUT2D eigenvalue weighted by Crippen LogP contribution is -3.10. The SMILES string of the molecule is Cc1ccc(/C=C/C(=O)C2CC[NH+](C)CC2)o1.[I-]. The summed E-state index contributed by atoms with van der Waals surface area (Å²) in [6.07, 6.45) is 5.46. The van der Waals surface area contributed by atoms with Gasteiger partial charge in [0.1, 0.15) is 11.5 Å². The Hall–Kier alpha value is -0.620. The molecule has 0 atom stereocenters. The highest BCUT2D eigenvalue weighted by Crippen LogP contribution is 2.13. The first-order valence-corrected chi connectivity index (χ1v) is 6.25. The number of furan rings is 1. The van der Waals surface area contributed by atoms with Crippen LogP contribution in [0.1, 0.15) is 24.4 Å². The van der Waals surface area contributed by atoms with Gasteiger partial charge >= 0.3 is 0 Å². The Morgan fingerprint density at radius 3 is 2.61 bits per heavy atom. The minimum Gasteiger partial charge on any atom is -1.00 e. The molecule has 3 nitrogen and oxygen atoms in total. The third-order valence-electron chi connectivity index (χ3n) is 3.41. The van der Waals surface area contributed by atoms with E-state index < -0.39 is 0 Å². The zero-order chi connectivity index (χ0) is 12.3. The summed E-state index contributed by atoms with van der Waals surface area (Å²) in [5, 5.41) is 0. The number of quaternary nitrogens is 1. The van der Waals surface area contributed by atoms with Gasteiger partial charge in [0.15, 0.2) is 5.78 Å². The summed E-state index contributed by atoms with van der Waals surface area (Å²) in [5.74, 6) is 2.09. The molecule has 0 amide bonds. The standard InChI is InChI=1S/C14H19NO2.HI/c1-11-3-4-13(17-11)5-6-14(16)12-7-9-15(2)10-8-12;/h3-6,12H,7-10H2,1-2H3;1H/b6-5+;. The molecule has 1 saturated heterocycles. The lowest BCUT2D eigenvalue weighted by Gasteiger charge is -2.24. The molecular weight excluding hydrogens is 341 g/mol. The fraction of sp³-hybridized carbons (Fsp3) is 0.500. The maximum atomic E-state index is 11.9. The van der Waals surface area contributed by atoms with Crippen LogP contribution in [0.2, 0.25) is 0 Å². The summed E-state index contributed by atoms with van der Waals surface area (Å²) in [6, 6.07) is 3.79. The molecule has 1 aromatic heterocycles. The molecule has 0 radical (unpaired) electrons. The van der Waals surface area contributed by atoms with Crippen LogP contribution in [-0.4, -0.2) is 25.9 Å². The number of halogens is 1. The van der Waals surface area contributed by atoms with E-state index in [1.54, 1.807) is 12.2 Å². The van der Waals surface area contributed by atoms with Gasteiger partial charge in [-0.3, -0.25) is 4.79 Å². The van der Waals surface area contributed by atoms with E-state index in [1.807, 2.05) is 19.1 Å². The maximum Gasteiger partial charge on any atom is 0.159 e. The van der Waals surface area contributed by atoms with E-state index in [-0.39, 0.29) is 35.7 Å². The van der Waals surface area contributed by atoms with Crippen LogP contribution in [0.4, 0.5) is 0 Å². The summed E-state index contributed by atoms with van der Waals surface area (Å²) in [4.78, 5) is 13.5. The van der Waals surface area contributed by atoms with Crippen molar-refractivity contribution in [3.8, 4) is 0 Å². The first-order valence-electron chi connectivity index (χ1n) is 6.25. The van der Waals surface area contributed by atoms with Crippen LogP contribution >= 0.6 is 0 Å². The van der Waals surface area contributed by atoms with E-state index in [0.29, 0.717) is 0 Å². The zero-order valence-corrected chi connectivity index (χ0v) is 13.1. The average molecular weight is 361 g/mol. The molecule has 0 aromatic carbocycles. The van der Waals surface area contributed by atoms with Crippen LogP contribution in [0.15, 0.2) is 22.6 Å². The van der Waals surface area contributed by atoms with Gasteiger partial charge in [-0.05, 0) is 31.2 Å². The fourth-order valence-electron chi connectivity index (χ4n) is 2.24. The number of likely N-dealkylation sites (tertiary alicyclic amines) is 1. The predicted octanol–water partition coefficient (Wildman–Crippen LogP) is -1.90. The monoisotopic (exact) mass is 361 g/mol. The molecule has 2 rings (SSSR count). The van der Waals surface area contributed by atoms with Gasteiger partial charge in [0.2, 0.25) is 0 Å². The highest BCUT2D eigenvalue weighted by atomic mass is 127. The average Bonchev–Trinajstić information content (AvgIpc) is 2.73. The number of hydrogen-bond donors (Lipinski definition) is 1. The minimum atomic E-state index is 0. The van der Waals surface area contributed by atoms with Gasteiger partial charge in [0.05, 0.1) is 20.1 Å².